The number of carbonyl (C=O) groups excluding carboxylic acids is 2. The maximum atomic E-state index is 12.6. The molecular formula is C27H29N5O2. The third-order valence-electron chi connectivity index (χ3n) is 7.69. The second-order valence-electron chi connectivity index (χ2n) is 10.3. The highest BCUT2D eigenvalue weighted by molar-refractivity contribution is 6.00. The van der Waals surface area contributed by atoms with Crippen LogP contribution in [0, 0.1) is 17.2 Å². The molecule has 7 heteroatoms. The number of nitrogens with zero attached hydrogens (tertiary/aromatic N) is 5. The van der Waals surface area contributed by atoms with Gasteiger partial charge in [-0.2, -0.15) is 5.26 Å². The van der Waals surface area contributed by atoms with Gasteiger partial charge >= 0.3 is 0 Å². The summed E-state index contributed by atoms with van der Waals surface area (Å²) in [5.41, 5.74) is 5.36. The zero-order valence-corrected chi connectivity index (χ0v) is 19.8. The molecule has 1 aromatic heterocycles. The van der Waals surface area contributed by atoms with Gasteiger partial charge in [-0.1, -0.05) is 12.1 Å². The van der Waals surface area contributed by atoms with Crippen LogP contribution in [0.15, 0.2) is 24.3 Å². The Labute approximate surface area is 200 Å². The molecule has 3 fully saturated rings. The molecular weight excluding hydrogens is 426 g/mol. The van der Waals surface area contributed by atoms with E-state index in [0.717, 1.165) is 59.4 Å². The van der Waals surface area contributed by atoms with Gasteiger partial charge in [0.25, 0.3) is 5.91 Å². The Kier molecular flexibility index (Phi) is 4.87. The highest BCUT2D eigenvalue weighted by atomic mass is 16.2. The zero-order valence-electron chi connectivity index (χ0n) is 19.8. The van der Waals surface area contributed by atoms with Crippen molar-refractivity contribution in [3.05, 3.63) is 46.6 Å². The van der Waals surface area contributed by atoms with Gasteiger partial charge in [0.15, 0.2) is 0 Å². The number of fused-ring (bicyclic) bond motifs is 1. The molecule has 0 bridgehead atoms. The van der Waals surface area contributed by atoms with Crippen LogP contribution in [0.2, 0.25) is 0 Å². The number of anilines is 1. The summed E-state index contributed by atoms with van der Waals surface area (Å²) in [7, 11) is 1.82. The van der Waals surface area contributed by atoms with E-state index in [1.54, 1.807) is 4.90 Å². The molecule has 1 unspecified atom stereocenters. The molecule has 174 valence electrons. The van der Waals surface area contributed by atoms with E-state index in [9.17, 15) is 14.9 Å². The van der Waals surface area contributed by atoms with Crippen LogP contribution in [0.25, 0.3) is 11.1 Å². The minimum atomic E-state index is 0.0440. The number of hydrogen-bond donors (Lipinski definition) is 0. The van der Waals surface area contributed by atoms with Crippen molar-refractivity contribution in [3.8, 4) is 17.2 Å². The number of nitriles is 1. The molecule has 0 spiro atoms. The van der Waals surface area contributed by atoms with Gasteiger partial charge in [0.05, 0.1) is 11.3 Å². The zero-order chi connectivity index (χ0) is 23.6. The number of pyridine rings is 1. The first-order valence-electron chi connectivity index (χ1n) is 12.3. The number of hydrogen-bond acceptors (Lipinski definition) is 5. The fourth-order valence-corrected chi connectivity index (χ4v) is 5.49. The van der Waals surface area contributed by atoms with Crippen LogP contribution in [0.3, 0.4) is 0 Å². The first kappa shape index (κ1) is 21.2. The second kappa shape index (κ2) is 7.83. The summed E-state index contributed by atoms with van der Waals surface area (Å²) in [6, 6.07) is 10.3. The molecule has 1 atom stereocenters. The molecule has 2 aromatic rings. The second-order valence-corrected chi connectivity index (χ2v) is 10.3. The lowest BCUT2D eigenvalue weighted by Crippen LogP contribution is -2.54. The van der Waals surface area contributed by atoms with Crippen molar-refractivity contribution in [2.24, 2.45) is 5.92 Å². The van der Waals surface area contributed by atoms with Crippen LogP contribution in [0.1, 0.15) is 65.7 Å². The summed E-state index contributed by atoms with van der Waals surface area (Å²) < 4.78 is 0. The molecule has 2 amide bonds. The van der Waals surface area contributed by atoms with Crippen molar-refractivity contribution in [1.29, 1.82) is 5.26 Å². The van der Waals surface area contributed by atoms with Crippen LogP contribution in [0.4, 0.5) is 5.82 Å². The van der Waals surface area contributed by atoms with Crippen molar-refractivity contribution in [1.82, 2.24) is 14.8 Å². The van der Waals surface area contributed by atoms with Crippen molar-refractivity contribution < 1.29 is 9.59 Å². The summed E-state index contributed by atoms with van der Waals surface area (Å²) >= 11 is 0. The van der Waals surface area contributed by atoms with Gasteiger partial charge in [-0.15, -0.1) is 0 Å². The van der Waals surface area contributed by atoms with Crippen LogP contribution >= 0.6 is 0 Å². The summed E-state index contributed by atoms with van der Waals surface area (Å²) in [5, 5.41) is 10.1. The third-order valence-corrected chi connectivity index (χ3v) is 7.69. The van der Waals surface area contributed by atoms with E-state index in [2.05, 4.69) is 24.0 Å². The average Bonchev–Trinajstić information content (AvgIpc) is 3.76. The number of piperazine rings is 1. The van der Waals surface area contributed by atoms with Crippen LogP contribution in [-0.2, 0) is 11.3 Å². The van der Waals surface area contributed by atoms with E-state index in [1.807, 2.05) is 30.1 Å². The lowest BCUT2D eigenvalue weighted by molar-refractivity contribution is -0.134. The standard InChI is InChI=1S/C27H29N5O2/c1-16-14-31(10-11-32(16)26(33)18-8-9-18)25-19(13-28)12-22(24(29-25)17-6-7-17)20-4-3-5-21-23(20)15-30(2)27(21)34/h3-5,12,16-18H,6-11,14-15H2,1-2H3. The molecule has 4 aliphatic rings. The highest BCUT2D eigenvalue weighted by Crippen LogP contribution is 2.46. The Morgan fingerprint density at radius 1 is 1.12 bits per heavy atom. The molecule has 6 rings (SSSR count). The lowest BCUT2D eigenvalue weighted by atomic mass is 9.93. The first-order chi connectivity index (χ1) is 16.5. The number of carbonyl (C=O) groups is 2. The molecule has 2 saturated carbocycles. The van der Waals surface area contributed by atoms with E-state index in [-0.39, 0.29) is 23.8 Å². The quantitative estimate of drug-likeness (QED) is 0.705. The molecule has 0 radical (unpaired) electrons. The predicted octanol–water partition coefficient (Wildman–Crippen LogP) is 3.53. The maximum Gasteiger partial charge on any atom is 0.254 e. The molecule has 0 N–H and O–H groups in total. The van der Waals surface area contributed by atoms with Crippen molar-refractivity contribution in [2.45, 2.75) is 51.1 Å². The van der Waals surface area contributed by atoms with Gasteiger partial charge in [-0.25, -0.2) is 4.98 Å². The Morgan fingerprint density at radius 3 is 2.56 bits per heavy atom. The van der Waals surface area contributed by atoms with Gasteiger partial charge in [0.1, 0.15) is 11.9 Å². The molecule has 7 nitrogen and oxygen atoms in total. The molecule has 1 saturated heterocycles. The molecule has 3 heterocycles. The van der Waals surface area contributed by atoms with Gasteiger partial charge in [-0.3, -0.25) is 9.59 Å². The Hall–Kier alpha value is -3.40. The first-order valence-corrected chi connectivity index (χ1v) is 12.3. The summed E-state index contributed by atoms with van der Waals surface area (Å²) in [6.07, 6.45) is 4.23. The lowest BCUT2D eigenvalue weighted by Gasteiger charge is -2.41. The summed E-state index contributed by atoms with van der Waals surface area (Å²) in [5.74, 6) is 1.68. The van der Waals surface area contributed by atoms with Crippen molar-refractivity contribution >= 4 is 17.6 Å². The van der Waals surface area contributed by atoms with E-state index >= 15 is 0 Å². The molecule has 2 aliphatic heterocycles. The topological polar surface area (TPSA) is 80.5 Å². The Balaban J connectivity index is 1.38. The van der Waals surface area contributed by atoms with Gasteiger partial charge < -0.3 is 14.7 Å². The van der Waals surface area contributed by atoms with Gasteiger partial charge in [-0.05, 0) is 55.9 Å². The van der Waals surface area contributed by atoms with E-state index in [0.29, 0.717) is 37.7 Å². The molecule has 1 aromatic carbocycles. The SMILES string of the molecule is CC1CN(c2nc(C3CC3)c(-c3cccc4c3CN(C)C4=O)cc2C#N)CCN1C(=O)C1CC1. The van der Waals surface area contributed by atoms with E-state index < -0.39 is 0 Å². The number of aromatic nitrogens is 1. The maximum absolute atomic E-state index is 12.6. The normalized spacial score (nSPS) is 22.1. The van der Waals surface area contributed by atoms with Gasteiger partial charge in [0, 0.05) is 62.2 Å². The Morgan fingerprint density at radius 2 is 1.88 bits per heavy atom. The Bertz CT molecular complexity index is 1240. The molecule has 2 aliphatic carbocycles. The smallest absolute Gasteiger partial charge is 0.254 e. The van der Waals surface area contributed by atoms with Crippen LogP contribution in [0.5, 0.6) is 0 Å². The largest absolute Gasteiger partial charge is 0.352 e. The van der Waals surface area contributed by atoms with Crippen LogP contribution in [-0.4, -0.2) is 59.3 Å². The number of benzene rings is 1. The van der Waals surface area contributed by atoms with Crippen molar-refractivity contribution in [3.63, 3.8) is 0 Å². The monoisotopic (exact) mass is 455 g/mol. The fraction of sp³-hybridized carbons (Fsp3) is 0.481. The minimum absolute atomic E-state index is 0.0440. The summed E-state index contributed by atoms with van der Waals surface area (Å²) in [6.45, 7) is 4.71. The summed E-state index contributed by atoms with van der Waals surface area (Å²) in [4.78, 5) is 36.3. The number of amides is 2. The third kappa shape index (κ3) is 3.44. The van der Waals surface area contributed by atoms with Crippen LogP contribution < -0.4 is 4.90 Å². The fourth-order valence-electron chi connectivity index (χ4n) is 5.49. The number of rotatable bonds is 4. The average molecular weight is 456 g/mol. The van der Waals surface area contributed by atoms with E-state index in [4.69, 9.17) is 4.98 Å². The van der Waals surface area contributed by atoms with E-state index in [1.165, 1.54) is 0 Å². The van der Waals surface area contributed by atoms with Crippen molar-refractivity contribution in [2.75, 3.05) is 31.6 Å². The highest BCUT2D eigenvalue weighted by Gasteiger charge is 2.38. The molecule has 34 heavy (non-hydrogen) atoms. The predicted molar refractivity (Wildman–Crippen MR) is 128 cm³/mol. The van der Waals surface area contributed by atoms with Gasteiger partial charge in [0.2, 0.25) is 5.91 Å². The minimum Gasteiger partial charge on any atom is -0.352 e.